The van der Waals surface area contributed by atoms with Crippen LogP contribution >= 0.6 is 11.8 Å². The number of primary amides is 1. The number of para-hydroxylation sites is 1. The summed E-state index contributed by atoms with van der Waals surface area (Å²) in [5.41, 5.74) is 9.09. The Balaban J connectivity index is 1.62. The van der Waals surface area contributed by atoms with Crippen LogP contribution in [0.25, 0.3) is 0 Å². The molecule has 0 aliphatic carbocycles. The first-order chi connectivity index (χ1) is 14.3. The van der Waals surface area contributed by atoms with Gasteiger partial charge in [0.2, 0.25) is 5.91 Å². The van der Waals surface area contributed by atoms with Crippen LogP contribution in [0.1, 0.15) is 27.2 Å². The minimum absolute atomic E-state index is 0.109. The molecule has 154 valence electrons. The topological polar surface area (TPSA) is 94.3 Å². The van der Waals surface area contributed by atoms with Gasteiger partial charge in [0.1, 0.15) is 16.5 Å². The molecule has 3 N–H and O–H groups in total. The van der Waals surface area contributed by atoms with E-state index in [-0.39, 0.29) is 11.7 Å². The Morgan fingerprint density at radius 2 is 1.60 bits per heavy atom. The van der Waals surface area contributed by atoms with Gasteiger partial charge in [0.05, 0.1) is 11.3 Å². The summed E-state index contributed by atoms with van der Waals surface area (Å²) in [4.78, 5) is 28.7. The first-order valence-corrected chi connectivity index (χ1v) is 10.4. The van der Waals surface area contributed by atoms with Crippen molar-refractivity contribution >= 4 is 29.3 Å². The van der Waals surface area contributed by atoms with E-state index in [9.17, 15) is 9.59 Å². The molecule has 2 aromatic carbocycles. The fourth-order valence-corrected chi connectivity index (χ4v) is 3.81. The maximum absolute atomic E-state index is 12.4. The van der Waals surface area contributed by atoms with Crippen molar-refractivity contribution in [3.63, 3.8) is 0 Å². The fraction of sp³-hybridized carbons (Fsp3) is 0.174. The van der Waals surface area contributed by atoms with Gasteiger partial charge in [0.25, 0.3) is 5.91 Å². The monoisotopic (exact) mass is 421 g/mol. The molecule has 1 heterocycles. The average molecular weight is 422 g/mol. The number of benzene rings is 2. The smallest absolute Gasteiger partial charge is 0.251 e. The molecule has 3 aromatic rings. The van der Waals surface area contributed by atoms with Crippen molar-refractivity contribution in [2.24, 2.45) is 5.73 Å². The maximum Gasteiger partial charge on any atom is 0.251 e. The van der Waals surface area contributed by atoms with Crippen LogP contribution in [0.5, 0.6) is 11.5 Å². The van der Waals surface area contributed by atoms with Gasteiger partial charge < -0.3 is 15.8 Å². The molecule has 0 unspecified atom stereocenters. The molecular formula is C23H23N3O3S. The van der Waals surface area contributed by atoms with E-state index < -0.39 is 5.91 Å². The van der Waals surface area contributed by atoms with E-state index in [1.54, 1.807) is 24.3 Å². The summed E-state index contributed by atoms with van der Waals surface area (Å²) in [6.45, 7) is 5.61. The molecule has 1 aromatic heterocycles. The average Bonchev–Trinajstić information content (AvgIpc) is 2.72. The van der Waals surface area contributed by atoms with Crippen LogP contribution in [-0.2, 0) is 4.79 Å². The third-order valence-electron chi connectivity index (χ3n) is 4.67. The molecule has 0 aliphatic rings. The number of hydrogen-bond acceptors (Lipinski definition) is 5. The van der Waals surface area contributed by atoms with Crippen LogP contribution in [0.3, 0.4) is 0 Å². The third-order valence-corrected chi connectivity index (χ3v) is 5.64. The lowest BCUT2D eigenvalue weighted by atomic mass is 10.0. The lowest BCUT2D eigenvalue weighted by molar-refractivity contribution is -0.113. The number of nitrogens with two attached hydrogens (primary N) is 1. The Kier molecular flexibility index (Phi) is 6.74. The van der Waals surface area contributed by atoms with Gasteiger partial charge in [0, 0.05) is 11.4 Å². The largest absolute Gasteiger partial charge is 0.457 e. The summed E-state index contributed by atoms with van der Waals surface area (Å²) >= 11 is 1.20. The number of pyridine rings is 1. The van der Waals surface area contributed by atoms with Crippen molar-refractivity contribution in [3.05, 3.63) is 77.0 Å². The first kappa shape index (κ1) is 21.4. The highest BCUT2D eigenvalue weighted by molar-refractivity contribution is 8.00. The molecule has 2 amide bonds. The lowest BCUT2D eigenvalue weighted by Crippen LogP contribution is -2.18. The number of amides is 2. The van der Waals surface area contributed by atoms with E-state index in [1.807, 2.05) is 51.1 Å². The van der Waals surface area contributed by atoms with Crippen molar-refractivity contribution in [1.29, 1.82) is 0 Å². The van der Waals surface area contributed by atoms with Crippen LogP contribution in [0.2, 0.25) is 0 Å². The number of nitrogens with zero attached hydrogens (tertiary/aromatic N) is 1. The van der Waals surface area contributed by atoms with Crippen LogP contribution in [0.15, 0.2) is 59.6 Å². The number of rotatable bonds is 7. The summed E-state index contributed by atoms with van der Waals surface area (Å²) in [7, 11) is 0. The molecule has 0 aliphatic heterocycles. The van der Waals surface area contributed by atoms with E-state index >= 15 is 0 Å². The molecule has 30 heavy (non-hydrogen) atoms. The van der Waals surface area contributed by atoms with Crippen LogP contribution in [0, 0.1) is 20.8 Å². The molecule has 7 heteroatoms. The molecule has 0 spiro atoms. The lowest BCUT2D eigenvalue weighted by Gasteiger charge is -2.13. The second-order valence-electron chi connectivity index (χ2n) is 6.77. The summed E-state index contributed by atoms with van der Waals surface area (Å²) in [6.07, 6.45) is 0. The number of aryl methyl sites for hydroxylation is 1. The molecule has 0 radical (unpaired) electrons. The summed E-state index contributed by atoms with van der Waals surface area (Å²) < 4.78 is 5.74. The van der Waals surface area contributed by atoms with Gasteiger partial charge in [-0.25, -0.2) is 4.98 Å². The second-order valence-corrected chi connectivity index (χ2v) is 7.73. The predicted octanol–water partition coefficient (Wildman–Crippen LogP) is 4.63. The van der Waals surface area contributed by atoms with Gasteiger partial charge >= 0.3 is 0 Å². The molecule has 6 nitrogen and oxygen atoms in total. The maximum atomic E-state index is 12.4. The van der Waals surface area contributed by atoms with E-state index in [0.29, 0.717) is 22.0 Å². The van der Waals surface area contributed by atoms with E-state index in [0.717, 1.165) is 22.6 Å². The van der Waals surface area contributed by atoms with Crippen molar-refractivity contribution in [1.82, 2.24) is 4.98 Å². The normalized spacial score (nSPS) is 10.5. The minimum Gasteiger partial charge on any atom is -0.457 e. The van der Waals surface area contributed by atoms with Gasteiger partial charge in [-0.3, -0.25) is 9.59 Å². The van der Waals surface area contributed by atoms with Crippen molar-refractivity contribution in [3.8, 4) is 11.5 Å². The Hall–Kier alpha value is -3.32. The zero-order valence-electron chi connectivity index (χ0n) is 17.1. The van der Waals surface area contributed by atoms with Crippen LogP contribution < -0.4 is 15.8 Å². The Bertz CT molecular complexity index is 1070. The van der Waals surface area contributed by atoms with Gasteiger partial charge in [0.15, 0.2) is 0 Å². The number of ether oxygens (including phenoxy) is 1. The standard InChI is InChI=1S/C23H23N3O3S/c1-14-15(2)21(22(24)28)23(25-16(14)3)30-13-20(27)26-17-9-11-19(12-10-17)29-18-7-5-4-6-8-18/h4-12H,13H2,1-3H3,(H2,24,28)(H,26,27). The first-order valence-electron chi connectivity index (χ1n) is 9.38. The Labute approximate surface area is 179 Å². The Morgan fingerprint density at radius 3 is 2.23 bits per heavy atom. The fourth-order valence-electron chi connectivity index (χ4n) is 2.87. The molecule has 0 bridgehead atoms. The van der Waals surface area contributed by atoms with E-state index in [4.69, 9.17) is 10.5 Å². The number of thioether (sulfide) groups is 1. The molecular weight excluding hydrogens is 398 g/mol. The summed E-state index contributed by atoms with van der Waals surface area (Å²) in [5, 5.41) is 3.31. The number of carbonyl (C=O) groups is 2. The summed E-state index contributed by atoms with van der Waals surface area (Å²) in [5.74, 6) is 0.781. The van der Waals surface area contributed by atoms with Gasteiger partial charge in [-0.2, -0.15) is 0 Å². The second kappa shape index (κ2) is 9.45. The number of carbonyl (C=O) groups excluding carboxylic acids is 2. The zero-order valence-corrected chi connectivity index (χ0v) is 17.9. The SMILES string of the molecule is Cc1nc(SCC(=O)Nc2ccc(Oc3ccccc3)cc2)c(C(N)=O)c(C)c1C. The molecule has 0 saturated heterocycles. The van der Waals surface area contributed by atoms with Crippen molar-refractivity contribution in [2.75, 3.05) is 11.1 Å². The number of anilines is 1. The molecule has 0 fully saturated rings. The number of hydrogen-bond donors (Lipinski definition) is 2. The molecule has 3 rings (SSSR count). The number of nitrogens with one attached hydrogen (secondary N) is 1. The van der Waals surface area contributed by atoms with Crippen molar-refractivity contribution in [2.45, 2.75) is 25.8 Å². The van der Waals surface area contributed by atoms with Gasteiger partial charge in [-0.15, -0.1) is 0 Å². The Morgan fingerprint density at radius 1 is 0.967 bits per heavy atom. The van der Waals surface area contributed by atoms with Crippen molar-refractivity contribution < 1.29 is 14.3 Å². The zero-order chi connectivity index (χ0) is 21.7. The highest BCUT2D eigenvalue weighted by Gasteiger charge is 2.18. The van der Waals surface area contributed by atoms with Gasteiger partial charge in [-0.05, 0) is 68.3 Å². The summed E-state index contributed by atoms with van der Waals surface area (Å²) in [6, 6.07) is 16.6. The van der Waals surface area contributed by atoms with Gasteiger partial charge in [-0.1, -0.05) is 30.0 Å². The minimum atomic E-state index is -0.542. The third kappa shape index (κ3) is 5.18. The molecule has 0 saturated carbocycles. The number of aromatic nitrogens is 1. The van der Waals surface area contributed by atoms with E-state index in [1.165, 1.54) is 11.8 Å². The quantitative estimate of drug-likeness (QED) is 0.543. The highest BCUT2D eigenvalue weighted by Crippen LogP contribution is 2.27. The van der Waals surface area contributed by atoms with Crippen LogP contribution in [-0.4, -0.2) is 22.6 Å². The molecule has 0 atom stereocenters. The van der Waals surface area contributed by atoms with E-state index in [2.05, 4.69) is 10.3 Å². The highest BCUT2D eigenvalue weighted by atomic mass is 32.2. The van der Waals surface area contributed by atoms with Crippen LogP contribution in [0.4, 0.5) is 5.69 Å². The predicted molar refractivity (Wildman–Crippen MR) is 119 cm³/mol.